The highest BCUT2D eigenvalue weighted by atomic mass is 35.5. The molecule has 0 radical (unpaired) electrons. The average molecular weight is 356 g/mol. The van der Waals surface area contributed by atoms with Crippen molar-refractivity contribution in [2.24, 2.45) is 11.1 Å². The van der Waals surface area contributed by atoms with Crippen molar-refractivity contribution in [2.45, 2.75) is 52.5 Å². The molecule has 1 heterocycles. The van der Waals surface area contributed by atoms with Crippen LogP contribution in [0.15, 0.2) is 0 Å². The smallest absolute Gasteiger partial charge is 0.227 e. The number of sulfonamides is 1. The van der Waals surface area contributed by atoms with Crippen molar-refractivity contribution in [1.82, 2.24) is 9.62 Å². The van der Waals surface area contributed by atoms with Gasteiger partial charge in [0.05, 0.1) is 11.2 Å². The number of halogens is 1. The van der Waals surface area contributed by atoms with E-state index in [1.165, 1.54) is 4.31 Å². The minimum absolute atomic E-state index is 0. The quantitative estimate of drug-likeness (QED) is 0.715. The van der Waals surface area contributed by atoms with Gasteiger partial charge in [0.25, 0.3) is 0 Å². The Hall–Kier alpha value is -0.370. The van der Waals surface area contributed by atoms with Gasteiger partial charge in [0.2, 0.25) is 15.9 Å². The van der Waals surface area contributed by atoms with Gasteiger partial charge in [-0.3, -0.25) is 4.79 Å². The molecule has 0 unspecified atom stereocenters. The molecule has 0 aliphatic carbocycles. The van der Waals surface area contributed by atoms with Gasteiger partial charge in [-0.25, -0.2) is 12.7 Å². The fourth-order valence-corrected chi connectivity index (χ4v) is 3.88. The number of carbonyl (C=O) groups is 1. The maximum absolute atomic E-state index is 12.4. The first-order chi connectivity index (χ1) is 9.85. The molecule has 0 aromatic heterocycles. The lowest BCUT2D eigenvalue weighted by molar-refractivity contribution is -0.132. The maximum atomic E-state index is 12.4. The molecule has 1 saturated heterocycles. The highest BCUT2D eigenvalue weighted by Gasteiger charge is 2.35. The molecule has 3 N–H and O–H groups in total. The summed E-state index contributed by atoms with van der Waals surface area (Å²) in [6.45, 7) is 6.92. The Morgan fingerprint density at radius 2 is 1.73 bits per heavy atom. The highest BCUT2D eigenvalue weighted by molar-refractivity contribution is 7.89. The Kier molecular flexibility index (Phi) is 8.90. The predicted octanol–water partition coefficient (Wildman–Crippen LogP) is 1.10. The van der Waals surface area contributed by atoms with Gasteiger partial charge in [0.1, 0.15) is 0 Å². The van der Waals surface area contributed by atoms with E-state index in [1.54, 1.807) is 6.92 Å². The third-order valence-corrected chi connectivity index (χ3v) is 6.65. The molecule has 1 fully saturated rings. The molecular weight excluding hydrogens is 326 g/mol. The Bertz CT molecular complexity index is 436. The van der Waals surface area contributed by atoms with Gasteiger partial charge >= 0.3 is 0 Å². The molecule has 0 spiro atoms. The molecule has 22 heavy (non-hydrogen) atoms. The van der Waals surface area contributed by atoms with Crippen LogP contribution in [0, 0.1) is 5.41 Å². The van der Waals surface area contributed by atoms with Crippen LogP contribution in [0.25, 0.3) is 0 Å². The molecule has 1 rings (SSSR count). The zero-order valence-corrected chi connectivity index (χ0v) is 15.4. The SMILES string of the molecule is CCC(CC)(CN)C(=O)NC1CCN(S(=O)(=O)CC)CC1.Cl. The van der Waals surface area contributed by atoms with E-state index in [1.807, 2.05) is 13.8 Å². The van der Waals surface area contributed by atoms with Gasteiger partial charge in [-0.1, -0.05) is 13.8 Å². The number of hydrogen-bond acceptors (Lipinski definition) is 4. The van der Waals surface area contributed by atoms with Gasteiger partial charge in [-0.2, -0.15) is 0 Å². The Labute approximate surface area is 140 Å². The van der Waals surface area contributed by atoms with Gasteiger partial charge in [-0.05, 0) is 32.6 Å². The van der Waals surface area contributed by atoms with Gasteiger partial charge in [0.15, 0.2) is 0 Å². The van der Waals surface area contributed by atoms with Crippen LogP contribution in [-0.2, 0) is 14.8 Å². The van der Waals surface area contributed by atoms with Crippen LogP contribution in [0.2, 0.25) is 0 Å². The van der Waals surface area contributed by atoms with Crippen molar-refractivity contribution in [3.05, 3.63) is 0 Å². The Balaban J connectivity index is 0.00000441. The maximum Gasteiger partial charge on any atom is 0.227 e. The van der Waals surface area contributed by atoms with Crippen LogP contribution < -0.4 is 11.1 Å². The first kappa shape index (κ1) is 21.6. The number of carbonyl (C=O) groups excluding carboxylic acids is 1. The molecule has 6 nitrogen and oxygen atoms in total. The lowest BCUT2D eigenvalue weighted by Gasteiger charge is -2.35. The summed E-state index contributed by atoms with van der Waals surface area (Å²) in [6.07, 6.45) is 2.77. The summed E-state index contributed by atoms with van der Waals surface area (Å²) in [5.74, 6) is 0.137. The normalized spacial score (nSPS) is 17.8. The summed E-state index contributed by atoms with van der Waals surface area (Å²) in [4.78, 5) is 12.4. The molecule has 0 aromatic carbocycles. The molecular formula is C14H30ClN3O3S. The number of nitrogens with one attached hydrogen (secondary N) is 1. The monoisotopic (exact) mass is 355 g/mol. The number of nitrogens with zero attached hydrogens (tertiary/aromatic N) is 1. The minimum Gasteiger partial charge on any atom is -0.353 e. The second kappa shape index (κ2) is 9.05. The highest BCUT2D eigenvalue weighted by Crippen LogP contribution is 2.26. The Morgan fingerprint density at radius 1 is 1.23 bits per heavy atom. The molecule has 1 amide bonds. The first-order valence-electron chi connectivity index (χ1n) is 7.84. The molecule has 8 heteroatoms. The van der Waals surface area contributed by atoms with Crippen molar-refractivity contribution in [3.63, 3.8) is 0 Å². The van der Waals surface area contributed by atoms with Gasteiger partial charge in [0, 0.05) is 25.7 Å². The number of amides is 1. The van der Waals surface area contributed by atoms with E-state index in [9.17, 15) is 13.2 Å². The molecule has 1 aliphatic heterocycles. The summed E-state index contributed by atoms with van der Waals surface area (Å²) in [7, 11) is -3.11. The van der Waals surface area contributed by atoms with Crippen molar-refractivity contribution >= 4 is 28.3 Å². The zero-order chi connectivity index (χ0) is 16.1. The third-order valence-electron chi connectivity index (χ3n) is 4.77. The zero-order valence-electron chi connectivity index (χ0n) is 13.8. The summed E-state index contributed by atoms with van der Waals surface area (Å²) < 4.78 is 25.1. The summed E-state index contributed by atoms with van der Waals surface area (Å²) in [6, 6.07) is 0.0461. The number of piperidine rings is 1. The van der Waals surface area contributed by atoms with Crippen molar-refractivity contribution in [3.8, 4) is 0 Å². The van der Waals surface area contributed by atoms with E-state index in [0.717, 1.165) is 12.8 Å². The second-order valence-corrected chi connectivity index (χ2v) is 8.00. The molecule has 0 atom stereocenters. The number of nitrogens with two attached hydrogens (primary N) is 1. The topological polar surface area (TPSA) is 92.5 Å². The molecule has 132 valence electrons. The second-order valence-electron chi connectivity index (χ2n) is 5.74. The average Bonchev–Trinajstić information content (AvgIpc) is 2.50. The van der Waals surface area contributed by atoms with Crippen molar-refractivity contribution in [2.75, 3.05) is 25.4 Å². The Morgan fingerprint density at radius 3 is 2.09 bits per heavy atom. The van der Waals surface area contributed by atoms with E-state index in [0.29, 0.717) is 32.5 Å². The van der Waals surface area contributed by atoms with Crippen LogP contribution in [0.4, 0.5) is 0 Å². The third kappa shape index (κ3) is 4.81. The van der Waals surface area contributed by atoms with E-state index < -0.39 is 15.4 Å². The minimum atomic E-state index is -3.11. The number of hydrogen-bond donors (Lipinski definition) is 2. The van der Waals surface area contributed by atoms with Crippen molar-refractivity contribution in [1.29, 1.82) is 0 Å². The van der Waals surface area contributed by atoms with Crippen LogP contribution in [0.5, 0.6) is 0 Å². The van der Waals surface area contributed by atoms with Crippen LogP contribution >= 0.6 is 12.4 Å². The van der Waals surface area contributed by atoms with Crippen LogP contribution in [0.1, 0.15) is 46.5 Å². The van der Waals surface area contributed by atoms with E-state index >= 15 is 0 Å². The first-order valence-corrected chi connectivity index (χ1v) is 9.45. The van der Waals surface area contributed by atoms with Crippen LogP contribution in [0.3, 0.4) is 0 Å². The van der Waals surface area contributed by atoms with Crippen molar-refractivity contribution < 1.29 is 13.2 Å². The molecule has 0 aromatic rings. The summed E-state index contributed by atoms with van der Waals surface area (Å²) in [5, 5.41) is 3.06. The van der Waals surface area contributed by atoms with E-state index in [4.69, 9.17) is 5.73 Å². The number of rotatable bonds is 7. The predicted molar refractivity (Wildman–Crippen MR) is 91.5 cm³/mol. The molecule has 1 aliphatic rings. The fraction of sp³-hybridized carbons (Fsp3) is 0.929. The van der Waals surface area contributed by atoms with E-state index in [-0.39, 0.29) is 30.1 Å². The molecule has 0 bridgehead atoms. The van der Waals surface area contributed by atoms with Crippen LogP contribution in [-0.4, -0.2) is 50.1 Å². The fourth-order valence-electron chi connectivity index (χ4n) is 2.75. The van der Waals surface area contributed by atoms with Gasteiger partial charge in [-0.15, -0.1) is 12.4 Å². The lowest BCUT2D eigenvalue weighted by atomic mass is 9.81. The largest absolute Gasteiger partial charge is 0.353 e. The van der Waals surface area contributed by atoms with E-state index in [2.05, 4.69) is 5.32 Å². The standard InChI is InChI=1S/C14H29N3O3S.ClH/c1-4-14(5-2,11-15)13(18)16-12-7-9-17(10-8-12)21(19,20)6-3;/h12H,4-11,15H2,1-3H3,(H,16,18);1H. The lowest BCUT2D eigenvalue weighted by Crippen LogP contribution is -2.52. The molecule has 0 saturated carbocycles. The summed E-state index contributed by atoms with van der Waals surface area (Å²) >= 11 is 0. The summed E-state index contributed by atoms with van der Waals surface area (Å²) in [5.41, 5.74) is 5.29. The van der Waals surface area contributed by atoms with Gasteiger partial charge < -0.3 is 11.1 Å².